The molecule has 1 N–H and O–H groups in total. The van der Waals surface area contributed by atoms with E-state index in [4.69, 9.17) is 0 Å². The van der Waals surface area contributed by atoms with Gasteiger partial charge >= 0.3 is 0 Å². The molecule has 0 bridgehead atoms. The molecule has 0 aliphatic rings. The molecule has 86 valence electrons. The summed E-state index contributed by atoms with van der Waals surface area (Å²) < 4.78 is 13.7. The summed E-state index contributed by atoms with van der Waals surface area (Å²) in [6, 6.07) is 11.1. The number of aromatic nitrogens is 1. The van der Waals surface area contributed by atoms with Gasteiger partial charge in [-0.25, -0.2) is 4.98 Å². The Bertz CT molecular complexity index is 542. The van der Waals surface area contributed by atoms with Gasteiger partial charge in [0.15, 0.2) is 0 Å². The van der Waals surface area contributed by atoms with Crippen LogP contribution in [0.4, 0.5) is 10.2 Å². The van der Waals surface area contributed by atoms with Crippen molar-refractivity contribution in [2.24, 2.45) is 0 Å². The Kier molecular flexibility index (Phi) is 3.49. The number of nitrogens with one attached hydrogen (secondary N) is 1. The molecule has 0 aliphatic heterocycles. The number of carbonyl (C=O) groups is 1. The van der Waals surface area contributed by atoms with E-state index in [2.05, 4.69) is 26.2 Å². The minimum Gasteiger partial charge on any atom is -0.306 e. The van der Waals surface area contributed by atoms with Crippen LogP contribution in [0.15, 0.2) is 46.9 Å². The maximum absolute atomic E-state index is 12.8. The Labute approximate surface area is 106 Å². The largest absolute Gasteiger partial charge is 0.306 e. The van der Waals surface area contributed by atoms with Gasteiger partial charge in [0.2, 0.25) is 5.95 Å². The standard InChI is InChI=1S/C12H8BrFN2O/c13-9-6-4-8(5-7-9)12(17)16-11-3-1-2-10(14)15-11/h1-7H,(H,15,16,17). The third kappa shape index (κ3) is 3.10. The van der Waals surface area contributed by atoms with Gasteiger partial charge in [0, 0.05) is 10.0 Å². The zero-order valence-electron chi connectivity index (χ0n) is 8.65. The first-order chi connectivity index (χ1) is 8.15. The molecular weight excluding hydrogens is 287 g/mol. The molecule has 1 aromatic heterocycles. The minimum atomic E-state index is -0.626. The molecule has 0 unspecified atom stereocenters. The quantitative estimate of drug-likeness (QED) is 0.864. The van der Waals surface area contributed by atoms with Gasteiger partial charge < -0.3 is 5.32 Å². The maximum Gasteiger partial charge on any atom is 0.256 e. The lowest BCUT2D eigenvalue weighted by atomic mass is 10.2. The van der Waals surface area contributed by atoms with Crippen LogP contribution in [-0.4, -0.2) is 10.9 Å². The first kappa shape index (κ1) is 11.7. The molecule has 0 spiro atoms. The second-order valence-electron chi connectivity index (χ2n) is 3.31. The molecule has 0 saturated carbocycles. The highest BCUT2D eigenvalue weighted by Crippen LogP contribution is 2.12. The molecule has 1 amide bonds. The summed E-state index contributed by atoms with van der Waals surface area (Å²) in [7, 11) is 0. The normalized spacial score (nSPS) is 10.0. The number of halogens is 2. The zero-order valence-corrected chi connectivity index (χ0v) is 10.2. The molecule has 3 nitrogen and oxygen atoms in total. The fourth-order valence-corrected chi connectivity index (χ4v) is 1.53. The van der Waals surface area contributed by atoms with Crippen LogP contribution >= 0.6 is 15.9 Å². The zero-order chi connectivity index (χ0) is 12.3. The highest BCUT2D eigenvalue weighted by Gasteiger charge is 2.06. The maximum atomic E-state index is 12.8. The number of hydrogen-bond donors (Lipinski definition) is 1. The summed E-state index contributed by atoms with van der Waals surface area (Å²) >= 11 is 3.28. The fourth-order valence-electron chi connectivity index (χ4n) is 1.27. The van der Waals surface area contributed by atoms with E-state index in [1.165, 1.54) is 18.2 Å². The van der Waals surface area contributed by atoms with Gasteiger partial charge in [0.05, 0.1) is 0 Å². The molecule has 5 heteroatoms. The van der Waals surface area contributed by atoms with Crippen molar-refractivity contribution in [2.45, 2.75) is 0 Å². The lowest BCUT2D eigenvalue weighted by molar-refractivity contribution is 0.102. The van der Waals surface area contributed by atoms with Gasteiger partial charge in [-0.15, -0.1) is 0 Å². The second kappa shape index (κ2) is 5.05. The number of pyridine rings is 1. The Morgan fingerprint density at radius 3 is 2.53 bits per heavy atom. The van der Waals surface area contributed by atoms with Crippen LogP contribution in [0.3, 0.4) is 0 Å². The van der Waals surface area contributed by atoms with Gasteiger partial charge in [-0.1, -0.05) is 22.0 Å². The predicted molar refractivity (Wildman–Crippen MR) is 66.3 cm³/mol. The van der Waals surface area contributed by atoms with Crippen LogP contribution < -0.4 is 5.32 Å². The summed E-state index contributed by atoms with van der Waals surface area (Å²) in [6.45, 7) is 0. The van der Waals surface area contributed by atoms with Crippen LogP contribution in [0, 0.1) is 5.95 Å². The van der Waals surface area contributed by atoms with E-state index in [0.717, 1.165) is 4.47 Å². The molecule has 2 aromatic rings. The fraction of sp³-hybridized carbons (Fsp3) is 0. The topological polar surface area (TPSA) is 42.0 Å². The van der Waals surface area contributed by atoms with E-state index in [9.17, 15) is 9.18 Å². The van der Waals surface area contributed by atoms with Gasteiger partial charge in [-0.2, -0.15) is 4.39 Å². The third-order valence-corrected chi connectivity index (χ3v) is 2.59. The molecule has 0 fully saturated rings. The van der Waals surface area contributed by atoms with E-state index in [0.29, 0.717) is 5.56 Å². The van der Waals surface area contributed by atoms with Crippen molar-refractivity contribution in [3.8, 4) is 0 Å². The summed E-state index contributed by atoms with van der Waals surface area (Å²) in [5.74, 6) is -0.757. The van der Waals surface area contributed by atoms with Gasteiger partial charge in [-0.05, 0) is 36.4 Å². The van der Waals surface area contributed by atoms with Crippen molar-refractivity contribution in [1.82, 2.24) is 4.98 Å². The van der Waals surface area contributed by atoms with Crippen LogP contribution in [-0.2, 0) is 0 Å². The minimum absolute atomic E-state index is 0.193. The van der Waals surface area contributed by atoms with E-state index in [1.54, 1.807) is 24.3 Å². The highest BCUT2D eigenvalue weighted by atomic mass is 79.9. The van der Waals surface area contributed by atoms with Crippen LogP contribution in [0.1, 0.15) is 10.4 Å². The average Bonchev–Trinajstić information content (AvgIpc) is 2.29. The molecule has 1 heterocycles. The molecule has 0 radical (unpaired) electrons. The number of carbonyl (C=O) groups excluding carboxylic acids is 1. The van der Waals surface area contributed by atoms with Crippen LogP contribution in [0.25, 0.3) is 0 Å². The Balaban J connectivity index is 2.14. The summed E-state index contributed by atoms with van der Waals surface area (Å²) in [4.78, 5) is 15.3. The van der Waals surface area contributed by atoms with Crippen molar-refractivity contribution >= 4 is 27.7 Å². The van der Waals surface area contributed by atoms with Gasteiger partial charge in [0.25, 0.3) is 5.91 Å². The van der Waals surface area contributed by atoms with E-state index in [1.807, 2.05) is 0 Å². The highest BCUT2D eigenvalue weighted by molar-refractivity contribution is 9.10. The number of amides is 1. The Morgan fingerprint density at radius 1 is 1.18 bits per heavy atom. The third-order valence-electron chi connectivity index (χ3n) is 2.06. The van der Waals surface area contributed by atoms with Crippen molar-refractivity contribution in [3.63, 3.8) is 0 Å². The van der Waals surface area contributed by atoms with E-state index < -0.39 is 5.95 Å². The van der Waals surface area contributed by atoms with E-state index in [-0.39, 0.29) is 11.7 Å². The molecule has 17 heavy (non-hydrogen) atoms. The van der Waals surface area contributed by atoms with Crippen molar-refractivity contribution in [1.29, 1.82) is 0 Å². The molecule has 0 atom stereocenters. The lowest BCUT2D eigenvalue weighted by Crippen LogP contribution is -2.13. The molecule has 2 rings (SSSR count). The molecular formula is C12H8BrFN2O. The summed E-state index contributed by atoms with van der Waals surface area (Å²) in [5, 5.41) is 2.51. The monoisotopic (exact) mass is 294 g/mol. The lowest BCUT2D eigenvalue weighted by Gasteiger charge is -2.04. The van der Waals surface area contributed by atoms with Crippen molar-refractivity contribution < 1.29 is 9.18 Å². The number of anilines is 1. The predicted octanol–water partition coefficient (Wildman–Crippen LogP) is 3.24. The van der Waals surface area contributed by atoms with E-state index >= 15 is 0 Å². The Morgan fingerprint density at radius 2 is 1.88 bits per heavy atom. The smallest absolute Gasteiger partial charge is 0.256 e. The SMILES string of the molecule is O=C(Nc1cccc(F)n1)c1ccc(Br)cc1. The number of nitrogens with zero attached hydrogens (tertiary/aromatic N) is 1. The molecule has 0 saturated heterocycles. The first-order valence-corrected chi connectivity index (χ1v) is 5.64. The van der Waals surface area contributed by atoms with Gasteiger partial charge in [0.1, 0.15) is 5.82 Å². The average molecular weight is 295 g/mol. The second-order valence-corrected chi connectivity index (χ2v) is 4.22. The molecule has 0 aliphatic carbocycles. The number of benzene rings is 1. The Hall–Kier alpha value is -1.75. The van der Waals surface area contributed by atoms with Crippen molar-refractivity contribution in [2.75, 3.05) is 5.32 Å². The van der Waals surface area contributed by atoms with Crippen molar-refractivity contribution in [3.05, 3.63) is 58.4 Å². The summed E-state index contributed by atoms with van der Waals surface area (Å²) in [6.07, 6.45) is 0. The number of rotatable bonds is 2. The summed E-state index contributed by atoms with van der Waals surface area (Å²) in [5.41, 5.74) is 0.485. The molecule has 1 aromatic carbocycles. The van der Waals surface area contributed by atoms with Crippen LogP contribution in [0.2, 0.25) is 0 Å². The number of hydrogen-bond acceptors (Lipinski definition) is 2. The van der Waals surface area contributed by atoms with Gasteiger partial charge in [-0.3, -0.25) is 4.79 Å². The first-order valence-electron chi connectivity index (χ1n) is 4.84. The van der Waals surface area contributed by atoms with Crippen LogP contribution in [0.5, 0.6) is 0 Å².